The van der Waals surface area contributed by atoms with Gasteiger partial charge in [-0.05, 0) is 112 Å². The summed E-state index contributed by atoms with van der Waals surface area (Å²) in [4.78, 5) is 4.58. The molecule has 1 aliphatic heterocycles. The van der Waals surface area contributed by atoms with Gasteiger partial charge >= 0.3 is 0 Å². The van der Waals surface area contributed by atoms with E-state index in [2.05, 4.69) is 168 Å². The molecule has 0 atom stereocenters. The molecule has 0 amide bonds. The highest BCUT2D eigenvalue weighted by Crippen LogP contribution is 2.46. The van der Waals surface area contributed by atoms with Gasteiger partial charge < -0.3 is 14.2 Å². The lowest BCUT2D eigenvalue weighted by atomic mass is 10.0. The van der Waals surface area contributed by atoms with Crippen molar-refractivity contribution in [3.63, 3.8) is 0 Å². The molecule has 0 radical (unpaired) electrons. The summed E-state index contributed by atoms with van der Waals surface area (Å²) < 4.78 is 6.94. The summed E-state index contributed by atoms with van der Waals surface area (Å²) >= 11 is 0. The molecule has 9 aromatic rings. The summed E-state index contributed by atoms with van der Waals surface area (Å²) in [5.41, 5.74) is 13.7. The van der Waals surface area contributed by atoms with Crippen LogP contribution >= 0.6 is 0 Å². The molecule has 1 aliphatic rings. The average molecular weight is 787 g/mol. The molecule has 0 unspecified atom stereocenters. The van der Waals surface area contributed by atoms with E-state index in [9.17, 15) is 10.5 Å². The third-order valence-electron chi connectivity index (χ3n) is 11.7. The topological polar surface area (TPSA) is 67.2 Å². The maximum absolute atomic E-state index is 9.66. The van der Waals surface area contributed by atoms with Crippen molar-refractivity contribution in [3.8, 4) is 45.7 Å². The molecule has 0 N–H and O–H groups in total. The van der Waals surface area contributed by atoms with E-state index >= 15 is 0 Å². The number of anilines is 6. The number of nitrogens with zero attached hydrogens (tertiary/aromatic N) is 4. The second-order valence-electron chi connectivity index (χ2n) is 15.6. The fourth-order valence-electron chi connectivity index (χ4n) is 8.86. The SMILES string of the molecule is C[Si]1(C)c2ccc(N(c3ccc(C#N)cc3)c3ccccc3-c3ccccc3)cc2-c2oc3ccc(N(c4ccc(C#N)cc4)c4ccccc4-c4ccccc4)cc3c21. The Hall–Kier alpha value is -7.90. The Labute approximate surface area is 350 Å². The highest BCUT2D eigenvalue weighted by molar-refractivity contribution is 7.05. The van der Waals surface area contributed by atoms with Crippen LogP contribution in [0, 0.1) is 22.7 Å². The monoisotopic (exact) mass is 786 g/mol. The number of rotatable bonds is 8. The molecular formula is C54H38N4OSi. The first-order valence-corrected chi connectivity index (χ1v) is 23.0. The molecule has 2 heterocycles. The number of hydrogen-bond acceptors (Lipinski definition) is 5. The van der Waals surface area contributed by atoms with Gasteiger partial charge in [-0.25, -0.2) is 0 Å². The van der Waals surface area contributed by atoms with Crippen LogP contribution in [0.15, 0.2) is 199 Å². The molecular weight excluding hydrogens is 749 g/mol. The van der Waals surface area contributed by atoms with Crippen LogP contribution in [0.25, 0.3) is 44.5 Å². The van der Waals surface area contributed by atoms with Gasteiger partial charge in [-0.3, -0.25) is 0 Å². The Morgan fingerprint density at radius 1 is 0.450 bits per heavy atom. The van der Waals surface area contributed by atoms with Crippen molar-refractivity contribution in [2.24, 2.45) is 0 Å². The van der Waals surface area contributed by atoms with Crippen LogP contribution in [0.4, 0.5) is 34.1 Å². The summed E-state index contributed by atoms with van der Waals surface area (Å²) in [6.45, 7) is 4.84. The van der Waals surface area contributed by atoms with E-state index in [0.29, 0.717) is 11.1 Å². The number of hydrogen-bond donors (Lipinski definition) is 0. The van der Waals surface area contributed by atoms with Gasteiger partial charge in [0.1, 0.15) is 19.4 Å². The first kappa shape index (κ1) is 36.4. The fraction of sp³-hybridized carbons (Fsp3) is 0.0370. The molecule has 5 nitrogen and oxygen atoms in total. The Morgan fingerprint density at radius 3 is 1.42 bits per heavy atom. The standard InChI is InChI=1S/C54H38N4OSi/c1-60(2)52-32-30-44(58(42-27-23-38(36-56)24-28-42)50-20-12-10-18-46(50)40-15-7-4-8-16-40)34-48(52)53-54(60)47-33-43(29-31-51(47)59-53)57(41-25-21-37(35-55)22-26-41)49-19-11-9-17-45(49)39-13-5-3-6-14-39/h3-34H,1-2H3. The minimum atomic E-state index is -2.28. The van der Waals surface area contributed by atoms with Crippen LogP contribution in [0.1, 0.15) is 11.1 Å². The van der Waals surface area contributed by atoms with Crippen LogP contribution in [0.2, 0.25) is 13.1 Å². The van der Waals surface area contributed by atoms with Gasteiger partial charge in [0.05, 0.1) is 34.6 Å². The Kier molecular flexibility index (Phi) is 8.99. The predicted molar refractivity (Wildman–Crippen MR) is 248 cm³/mol. The van der Waals surface area contributed by atoms with E-state index in [1.54, 1.807) is 0 Å². The van der Waals surface area contributed by atoms with Gasteiger partial charge in [0.2, 0.25) is 0 Å². The maximum atomic E-state index is 9.66. The smallest absolute Gasteiger partial charge is 0.135 e. The number of para-hydroxylation sites is 2. The largest absolute Gasteiger partial charge is 0.456 e. The van der Waals surface area contributed by atoms with Crippen molar-refractivity contribution < 1.29 is 4.42 Å². The van der Waals surface area contributed by atoms with Gasteiger partial charge in [0, 0.05) is 44.8 Å². The summed E-state index contributed by atoms with van der Waals surface area (Å²) in [7, 11) is -2.28. The molecule has 8 aromatic carbocycles. The molecule has 6 heteroatoms. The fourth-order valence-corrected chi connectivity index (χ4v) is 12.1. The third kappa shape index (κ3) is 6.15. The highest BCUT2D eigenvalue weighted by atomic mass is 28.3. The molecule has 0 saturated carbocycles. The van der Waals surface area contributed by atoms with Crippen LogP contribution < -0.4 is 20.2 Å². The zero-order valence-electron chi connectivity index (χ0n) is 33.2. The van der Waals surface area contributed by atoms with E-state index in [-0.39, 0.29) is 0 Å². The molecule has 284 valence electrons. The predicted octanol–water partition coefficient (Wildman–Crippen LogP) is 13.3. The van der Waals surface area contributed by atoms with Crippen LogP contribution in [-0.2, 0) is 0 Å². The van der Waals surface area contributed by atoms with Gasteiger partial charge in [0.15, 0.2) is 0 Å². The average Bonchev–Trinajstić information content (AvgIpc) is 3.80. The second-order valence-corrected chi connectivity index (χ2v) is 19.9. The van der Waals surface area contributed by atoms with E-state index < -0.39 is 8.07 Å². The van der Waals surface area contributed by atoms with Gasteiger partial charge in [-0.15, -0.1) is 0 Å². The van der Waals surface area contributed by atoms with Gasteiger partial charge in [-0.1, -0.05) is 116 Å². The molecule has 0 spiro atoms. The number of nitriles is 2. The maximum Gasteiger partial charge on any atom is 0.135 e. The Bertz CT molecular complexity index is 3140. The van der Waals surface area contributed by atoms with E-state index in [1.165, 1.54) is 10.4 Å². The Balaban J connectivity index is 1.14. The van der Waals surface area contributed by atoms with E-state index in [1.807, 2.05) is 60.7 Å². The number of furan rings is 1. The molecule has 0 aliphatic carbocycles. The normalized spacial score (nSPS) is 12.3. The first-order chi connectivity index (χ1) is 29.4. The number of fused-ring (bicyclic) bond motifs is 5. The molecule has 60 heavy (non-hydrogen) atoms. The minimum absolute atomic E-state index is 0.615. The quantitative estimate of drug-likeness (QED) is 0.144. The first-order valence-electron chi connectivity index (χ1n) is 20.0. The summed E-state index contributed by atoms with van der Waals surface area (Å²) in [6.07, 6.45) is 0. The van der Waals surface area contributed by atoms with Crippen molar-refractivity contribution in [1.82, 2.24) is 0 Å². The lowest BCUT2D eigenvalue weighted by molar-refractivity contribution is 0.635. The van der Waals surface area contributed by atoms with Crippen molar-refractivity contribution in [2.45, 2.75) is 13.1 Å². The zero-order chi connectivity index (χ0) is 40.8. The minimum Gasteiger partial charge on any atom is -0.456 e. The summed E-state index contributed by atoms with van der Waals surface area (Å²) in [6, 6.07) is 71.5. The van der Waals surface area contributed by atoms with Crippen LogP contribution in [0.5, 0.6) is 0 Å². The second kappa shape index (κ2) is 14.8. The van der Waals surface area contributed by atoms with Crippen LogP contribution in [-0.4, -0.2) is 8.07 Å². The van der Waals surface area contributed by atoms with Crippen LogP contribution in [0.3, 0.4) is 0 Å². The van der Waals surface area contributed by atoms with E-state index in [4.69, 9.17) is 4.42 Å². The Morgan fingerprint density at radius 2 is 0.900 bits per heavy atom. The van der Waals surface area contributed by atoms with Gasteiger partial charge in [-0.2, -0.15) is 10.5 Å². The third-order valence-corrected chi connectivity index (χ3v) is 15.2. The van der Waals surface area contributed by atoms with Crippen molar-refractivity contribution in [3.05, 3.63) is 205 Å². The summed E-state index contributed by atoms with van der Waals surface area (Å²) in [5.74, 6) is 0.932. The molecule has 0 bridgehead atoms. The summed E-state index contributed by atoms with van der Waals surface area (Å²) in [5, 5.41) is 23.1. The lowest BCUT2D eigenvalue weighted by Crippen LogP contribution is -2.49. The highest BCUT2D eigenvalue weighted by Gasteiger charge is 2.42. The molecule has 10 rings (SSSR count). The molecule has 0 fully saturated rings. The van der Waals surface area contributed by atoms with Gasteiger partial charge in [0.25, 0.3) is 0 Å². The van der Waals surface area contributed by atoms with E-state index in [0.717, 1.165) is 78.7 Å². The molecule has 1 aromatic heterocycles. The van der Waals surface area contributed by atoms with Crippen molar-refractivity contribution in [2.75, 3.05) is 9.80 Å². The number of benzene rings is 8. The lowest BCUT2D eigenvalue weighted by Gasteiger charge is -2.29. The van der Waals surface area contributed by atoms with Crippen molar-refractivity contribution in [1.29, 1.82) is 10.5 Å². The van der Waals surface area contributed by atoms with Crippen molar-refractivity contribution >= 4 is 63.5 Å². The molecule has 0 saturated heterocycles. The zero-order valence-corrected chi connectivity index (χ0v) is 34.2.